The Balaban J connectivity index is 1.85. The number of carbonyl (C=O) groups is 1. The van der Waals surface area contributed by atoms with Crippen LogP contribution in [-0.4, -0.2) is 15.9 Å². The van der Waals surface area contributed by atoms with Crippen LogP contribution in [0.3, 0.4) is 0 Å². The molecular formula is C12H9N3O2. The largest absolute Gasteiger partial charge is 0.463 e. The first kappa shape index (κ1) is 9.65. The van der Waals surface area contributed by atoms with Crippen LogP contribution in [0.1, 0.15) is 10.5 Å². The number of fused-ring (bicyclic) bond motifs is 1. The predicted molar refractivity (Wildman–Crippen MR) is 62.8 cm³/mol. The maximum absolute atomic E-state index is 11.9. The molecule has 3 rings (SSSR count). The number of anilines is 1. The lowest BCUT2D eigenvalue weighted by atomic mass is 10.3. The summed E-state index contributed by atoms with van der Waals surface area (Å²) in [6, 6.07) is 6.98. The minimum atomic E-state index is -0.218. The van der Waals surface area contributed by atoms with Gasteiger partial charge in [0.1, 0.15) is 5.69 Å². The Morgan fingerprint density at radius 3 is 3.12 bits per heavy atom. The molecule has 0 unspecified atom stereocenters. The van der Waals surface area contributed by atoms with Gasteiger partial charge in [-0.05, 0) is 12.1 Å². The minimum absolute atomic E-state index is 0.218. The first-order valence-electron chi connectivity index (χ1n) is 5.10. The molecule has 0 aliphatic carbocycles. The lowest BCUT2D eigenvalue weighted by Crippen LogP contribution is -2.12. The summed E-state index contributed by atoms with van der Waals surface area (Å²) in [5.41, 5.74) is 2.59. The average molecular weight is 227 g/mol. The molecule has 0 bridgehead atoms. The van der Waals surface area contributed by atoms with E-state index in [0.29, 0.717) is 17.0 Å². The fraction of sp³-hybridized carbons (Fsp3) is 0. The van der Waals surface area contributed by atoms with Crippen LogP contribution in [0, 0.1) is 0 Å². The lowest BCUT2D eigenvalue weighted by molar-refractivity contribution is 0.102. The molecule has 0 fully saturated rings. The molecule has 0 aliphatic heterocycles. The zero-order valence-corrected chi connectivity index (χ0v) is 8.81. The number of H-pyrrole nitrogens is 1. The van der Waals surface area contributed by atoms with Crippen LogP contribution < -0.4 is 5.32 Å². The number of rotatable bonds is 2. The van der Waals surface area contributed by atoms with Gasteiger partial charge in [0.15, 0.2) is 5.58 Å². The number of furan rings is 1. The smallest absolute Gasteiger partial charge is 0.272 e. The summed E-state index contributed by atoms with van der Waals surface area (Å²) in [6.07, 6.45) is 4.81. The molecule has 1 amide bonds. The number of amides is 1. The highest BCUT2D eigenvalue weighted by Gasteiger charge is 2.11. The van der Waals surface area contributed by atoms with Crippen molar-refractivity contribution in [1.29, 1.82) is 0 Å². The molecule has 84 valence electrons. The van der Waals surface area contributed by atoms with Gasteiger partial charge in [0, 0.05) is 18.3 Å². The number of nitrogens with zero attached hydrogens (tertiary/aromatic N) is 1. The van der Waals surface area contributed by atoms with Gasteiger partial charge in [-0.15, -0.1) is 0 Å². The molecule has 17 heavy (non-hydrogen) atoms. The van der Waals surface area contributed by atoms with Crippen LogP contribution in [-0.2, 0) is 0 Å². The molecule has 5 heteroatoms. The molecular weight excluding hydrogens is 218 g/mol. The Morgan fingerprint density at radius 1 is 1.41 bits per heavy atom. The van der Waals surface area contributed by atoms with E-state index in [1.54, 1.807) is 42.9 Å². The zero-order chi connectivity index (χ0) is 11.7. The number of nitrogens with one attached hydrogen (secondary N) is 2. The van der Waals surface area contributed by atoms with E-state index in [9.17, 15) is 4.79 Å². The summed E-state index contributed by atoms with van der Waals surface area (Å²) in [5.74, 6) is -0.218. The standard InChI is InChI=1S/C12H9N3O2/c16-12(14-8-2-1-4-13-7-8)10-6-11-9(15-10)3-5-17-11/h1-7,15H,(H,14,16). The normalized spacial score (nSPS) is 10.6. The van der Waals surface area contributed by atoms with E-state index in [2.05, 4.69) is 15.3 Å². The van der Waals surface area contributed by atoms with Crippen molar-refractivity contribution in [3.63, 3.8) is 0 Å². The Labute approximate surface area is 96.5 Å². The summed E-state index contributed by atoms with van der Waals surface area (Å²) in [6.45, 7) is 0. The molecule has 0 radical (unpaired) electrons. The number of hydrogen-bond acceptors (Lipinski definition) is 3. The van der Waals surface area contributed by atoms with E-state index in [1.807, 2.05) is 0 Å². The van der Waals surface area contributed by atoms with Gasteiger partial charge in [0.25, 0.3) is 5.91 Å². The summed E-state index contributed by atoms with van der Waals surface area (Å²) in [5, 5.41) is 2.73. The van der Waals surface area contributed by atoms with Crippen molar-refractivity contribution in [2.75, 3.05) is 5.32 Å². The third-order valence-corrected chi connectivity index (χ3v) is 2.40. The van der Waals surface area contributed by atoms with Gasteiger partial charge in [-0.25, -0.2) is 0 Å². The maximum Gasteiger partial charge on any atom is 0.272 e. The molecule has 0 saturated carbocycles. The van der Waals surface area contributed by atoms with E-state index in [-0.39, 0.29) is 5.91 Å². The van der Waals surface area contributed by atoms with Gasteiger partial charge in [-0.2, -0.15) is 0 Å². The van der Waals surface area contributed by atoms with Crippen molar-refractivity contribution >= 4 is 22.7 Å². The van der Waals surface area contributed by atoms with Crippen molar-refractivity contribution in [2.45, 2.75) is 0 Å². The van der Waals surface area contributed by atoms with Crippen molar-refractivity contribution in [1.82, 2.24) is 9.97 Å². The highest BCUT2D eigenvalue weighted by molar-refractivity contribution is 6.05. The van der Waals surface area contributed by atoms with E-state index in [1.165, 1.54) is 0 Å². The molecule has 0 atom stereocenters. The predicted octanol–water partition coefficient (Wildman–Crippen LogP) is 2.41. The molecule has 3 aromatic rings. The topological polar surface area (TPSA) is 70.9 Å². The van der Waals surface area contributed by atoms with Crippen molar-refractivity contribution in [3.05, 3.63) is 48.6 Å². The summed E-state index contributed by atoms with van der Waals surface area (Å²) in [4.78, 5) is 18.8. The van der Waals surface area contributed by atoms with E-state index in [4.69, 9.17) is 4.42 Å². The fourth-order valence-electron chi connectivity index (χ4n) is 1.61. The second kappa shape index (κ2) is 3.79. The quantitative estimate of drug-likeness (QED) is 0.706. The van der Waals surface area contributed by atoms with Crippen molar-refractivity contribution < 1.29 is 9.21 Å². The monoisotopic (exact) mass is 227 g/mol. The van der Waals surface area contributed by atoms with Crippen LogP contribution in [0.4, 0.5) is 5.69 Å². The number of carbonyl (C=O) groups excluding carboxylic acids is 1. The van der Waals surface area contributed by atoms with Crippen LogP contribution in [0.25, 0.3) is 11.1 Å². The SMILES string of the molecule is O=C(Nc1cccnc1)c1cc2occc2[nH]1. The fourth-order valence-corrected chi connectivity index (χ4v) is 1.61. The molecule has 0 aliphatic rings. The first-order chi connectivity index (χ1) is 8.33. The average Bonchev–Trinajstić information content (AvgIpc) is 2.90. The number of pyridine rings is 1. The molecule has 0 spiro atoms. The van der Waals surface area contributed by atoms with Gasteiger partial charge >= 0.3 is 0 Å². The highest BCUT2D eigenvalue weighted by atomic mass is 16.3. The Hall–Kier alpha value is -2.56. The lowest BCUT2D eigenvalue weighted by Gasteiger charge is -2.01. The molecule has 2 N–H and O–H groups in total. The number of aromatic amines is 1. The molecule has 0 aromatic carbocycles. The van der Waals surface area contributed by atoms with E-state index < -0.39 is 0 Å². The second-order valence-corrected chi connectivity index (χ2v) is 3.58. The molecule has 5 nitrogen and oxygen atoms in total. The van der Waals surface area contributed by atoms with Gasteiger partial charge in [0.2, 0.25) is 0 Å². The Kier molecular flexibility index (Phi) is 2.15. The number of hydrogen-bond donors (Lipinski definition) is 2. The molecule has 3 heterocycles. The summed E-state index contributed by atoms with van der Waals surface area (Å²) >= 11 is 0. The van der Waals surface area contributed by atoms with Crippen LogP contribution in [0.2, 0.25) is 0 Å². The van der Waals surface area contributed by atoms with Crippen LogP contribution >= 0.6 is 0 Å². The molecule has 3 aromatic heterocycles. The molecule has 0 saturated heterocycles. The Morgan fingerprint density at radius 2 is 2.35 bits per heavy atom. The minimum Gasteiger partial charge on any atom is -0.463 e. The number of aromatic nitrogens is 2. The van der Waals surface area contributed by atoms with Gasteiger partial charge in [0.05, 0.1) is 23.7 Å². The maximum atomic E-state index is 11.9. The third kappa shape index (κ3) is 1.78. The second-order valence-electron chi connectivity index (χ2n) is 3.58. The van der Waals surface area contributed by atoms with Crippen LogP contribution in [0.5, 0.6) is 0 Å². The highest BCUT2D eigenvalue weighted by Crippen LogP contribution is 2.16. The summed E-state index contributed by atoms with van der Waals surface area (Å²) in [7, 11) is 0. The van der Waals surface area contributed by atoms with Gasteiger partial charge in [-0.3, -0.25) is 9.78 Å². The van der Waals surface area contributed by atoms with Crippen molar-refractivity contribution in [2.24, 2.45) is 0 Å². The van der Waals surface area contributed by atoms with Crippen LogP contribution in [0.15, 0.2) is 47.3 Å². The third-order valence-electron chi connectivity index (χ3n) is 2.40. The summed E-state index contributed by atoms with van der Waals surface area (Å²) < 4.78 is 5.18. The first-order valence-corrected chi connectivity index (χ1v) is 5.10. The Bertz CT molecular complexity index is 626. The van der Waals surface area contributed by atoms with Gasteiger partial charge in [-0.1, -0.05) is 0 Å². The zero-order valence-electron chi connectivity index (χ0n) is 8.81. The van der Waals surface area contributed by atoms with Crippen molar-refractivity contribution in [3.8, 4) is 0 Å². The van der Waals surface area contributed by atoms with E-state index in [0.717, 1.165) is 5.52 Å². The van der Waals surface area contributed by atoms with E-state index >= 15 is 0 Å². The van der Waals surface area contributed by atoms with Gasteiger partial charge < -0.3 is 14.7 Å².